The molecule has 1 N–H and O–H groups in total. The summed E-state index contributed by atoms with van der Waals surface area (Å²) in [5.41, 5.74) is 0.635. The van der Waals surface area contributed by atoms with Gasteiger partial charge in [-0.15, -0.1) is 11.3 Å². The molecular weight excluding hydrogens is 270 g/mol. The Morgan fingerprint density at radius 2 is 2.40 bits per heavy atom. The Hall–Kier alpha value is -0.940. The average Bonchev–Trinajstić information content (AvgIpc) is 2.86. The summed E-state index contributed by atoms with van der Waals surface area (Å²) in [6, 6.07) is 0. The molecule has 0 spiro atoms. The number of carbonyl (C=O) groups excluding carboxylic acids is 1. The van der Waals surface area contributed by atoms with E-state index in [2.05, 4.69) is 24.1 Å². The van der Waals surface area contributed by atoms with Crippen molar-refractivity contribution in [2.45, 2.75) is 33.1 Å². The molecular formula is C15H25N3OS. The molecule has 0 aromatic carbocycles. The van der Waals surface area contributed by atoms with Gasteiger partial charge in [-0.1, -0.05) is 13.8 Å². The second-order valence-electron chi connectivity index (χ2n) is 6.04. The van der Waals surface area contributed by atoms with Crippen molar-refractivity contribution >= 4 is 17.2 Å². The maximum Gasteiger partial charge on any atom is 0.273 e. The van der Waals surface area contributed by atoms with Crippen molar-refractivity contribution in [3.05, 3.63) is 16.1 Å². The van der Waals surface area contributed by atoms with E-state index in [-0.39, 0.29) is 5.91 Å². The van der Waals surface area contributed by atoms with Crippen molar-refractivity contribution in [2.24, 2.45) is 11.8 Å². The topological polar surface area (TPSA) is 45.2 Å². The number of carbonyl (C=O) groups is 1. The second-order valence-corrected chi connectivity index (χ2v) is 6.98. The van der Waals surface area contributed by atoms with Crippen LogP contribution in [-0.4, -0.2) is 42.5 Å². The van der Waals surface area contributed by atoms with Gasteiger partial charge in [-0.05, 0) is 38.3 Å². The van der Waals surface area contributed by atoms with Gasteiger partial charge in [0.05, 0.1) is 5.01 Å². The predicted molar refractivity (Wildman–Crippen MR) is 83.2 cm³/mol. The number of aromatic nitrogens is 1. The summed E-state index contributed by atoms with van der Waals surface area (Å²) in [5.74, 6) is 1.27. The molecule has 1 aromatic rings. The largest absolute Gasteiger partial charge is 0.337 e. The molecule has 0 radical (unpaired) electrons. The van der Waals surface area contributed by atoms with Gasteiger partial charge in [0.2, 0.25) is 0 Å². The molecule has 1 unspecified atom stereocenters. The smallest absolute Gasteiger partial charge is 0.273 e. The van der Waals surface area contributed by atoms with Crippen LogP contribution in [0.5, 0.6) is 0 Å². The number of hydrogen-bond donors (Lipinski definition) is 1. The number of rotatable bonds is 5. The number of nitrogens with one attached hydrogen (secondary N) is 1. The zero-order valence-electron chi connectivity index (χ0n) is 12.7. The van der Waals surface area contributed by atoms with E-state index in [4.69, 9.17) is 0 Å². The maximum atomic E-state index is 12.5. The first kappa shape index (κ1) is 15.4. The molecule has 1 aromatic heterocycles. The van der Waals surface area contributed by atoms with Crippen LogP contribution in [0.1, 0.15) is 42.2 Å². The summed E-state index contributed by atoms with van der Waals surface area (Å²) in [6.45, 7) is 7.07. The predicted octanol–water partition coefficient (Wildman–Crippen LogP) is 2.41. The standard InChI is InChI=1S/C15H25N3OS/c1-11(2)7-14-17-13(10-20-14)15(19)18-6-4-5-12(9-18)8-16-3/h10-12,16H,4-9H2,1-3H3. The van der Waals surface area contributed by atoms with Gasteiger partial charge in [-0.25, -0.2) is 4.98 Å². The van der Waals surface area contributed by atoms with Crippen LogP contribution >= 0.6 is 11.3 Å². The molecule has 1 fully saturated rings. The van der Waals surface area contributed by atoms with Crippen molar-refractivity contribution in [1.82, 2.24) is 15.2 Å². The molecule has 0 aliphatic carbocycles. The molecule has 0 saturated carbocycles. The Morgan fingerprint density at radius 1 is 1.60 bits per heavy atom. The Kier molecular flexibility index (Phi) is 5.54. The molecule has 5 heteroatoms. The molecule has 1 aliphatic heterocycles. The SMILES string of the molecule is CNCC1CCCN(C(=O)c2csc(CC(C)C)n2)C1. The number of thiazole rings is 1. The maximum absolute atomic E-state index is 12.5. The van der Waals surface area contributed by atoms with Crippen LogP contribution < -0.4 is 5.32 Å². The van der Waals surface area contributed by atoms with Gasteiger partial charge < -0.3 is 10.2 Å². The lowest BCUT2D eigenvalue weighted by molar-refractivity contribution is 0.0669. The quantitative estimate of drug-likeness (QED) is 0.907. The summed E-state index contributed by atoms with van der Waals surface area (Å²) >= 11 is 1.61. The number of likely N-dealkylation sites (tertiary alicyclic amines) is 1. The summed E-state index contributed by atoms with van der Waals surface area (Å²) in [7, 11) is 1.97. The third-order valence-electron chi connectivity index (χ3n) is 3.65. The highest BCUT2D eigenvalue weighted by molar-refractivity contribution is 7.09. The number of hydrogen-bond acceptors (Lipinski definition) is 4. The monoisotopic (exact) mass is 295 g/mol. The number of piperidine rings is 1. The second kappa shape index (κ2) is 7.18. The van der Waals surface area contributed by atoms with E-state index >= 15 is 0 Å². The van der Waals surface area contributed by atoms with Gasteiger partial charge in [-0.2, -0.15) is 0 Å². The minimum Gasteiger partial charge on any atom is -0.337 e. The van der Waals surface area contributed by atoms with Gasteiger partial charge in [0, 0.05) is 24.9 Å². The number of amides is 1. The van der Waals surface area contributed by atoms with Gasteiger partial charge in [-0.3, -0.25) is 4.79 Å². The van der Waals surface area contributed by atoms with E-state index in [1.54, 1.807) is 11.3 Å². The summed E-state index contributed by atoms with van der Waals surface area (Å²) in [6.07, 6.45) is 3.27. The van der Waals surface area contributed by atoms with Crippen molar-refractivity contribution in [3.63, 3.8) is 0 Å². The first-order chi connectivity index (χ1) is 9.60. The summed E-state index contributed by atoms with van der Waals surface area (Å²) in [4.78, 5) is 19.0. The third-order valence-corrected chi connectivity index (χ3v) is 4.52. The van der Waals surface area contributed by atoms with E-state index in [1.807, 2.05) is 17.3 Å². The minimum atomic E-state index is 0.108. The molecule has 2 heterocycles. The molecule has 20 heavy (non-hydrogen) atoms. The fourth-order valence-corrected chi connectivity index (χ4v) is 3.70. The highest BCUT2D eigenvalue weighted by atomic mass is 32.1. The molecule has 1 aliphatic rings. The van der Waals surface area contributed by atoms with Crippen molar-refractivity contribution in [1.29, 1.82) is 0 Å². The van der Waals surface area contributed by atoms with E-state index in [0.29, 0.717) is 17.5 Å². The zero-order chi connectivity index (χ0) is 14.5. The first-order valence-electron chi connectivity index (χ1n) is 7.48. The Morgan fingerprint density at radius 3 is 3.10 bits per heavy atom. The van der Waals surface area contributed by atoms with Crippen LogP contribution in [0, 0.1) is 11.8 Å². The van der Waals surface area contributed by atoms with E-state index in [1.165, 1.54) is 6.42 Å². The minimum absolute atomic E-state index is 0.108. The van der Waals surface area contributed by atoms with Crippen LogP contribution in [0.15, 0.2) is 5.38 Å². The van der Waals surface area contributed by atoms with Gasteiger partial charge in [0.15, 0.2) is 0 Å². The van der Waals surface area contributed by atoms with Crippen molar-refractivity contribution < 1.29 is 4.79 Å². The molecule has 0 bridgehead atoms. The lowest BCUT2D eigenvalue weighted by Crippen LogP contribution is -2.42. The van der Waals surface area contributed by atoms with E-state index < -0.39 is 0 Å². The van der Waals surface area contributed by atoms with Crippen molar-refractivity contribution in [3.8, 4) is 0 Å². The Balaban J connectivity index is 1.97. The average molecular weight is 295 g/mol. The molecule has 2 rings (SSSR count). The highest BCUT2D eigenvalue weighted by Crippen LogP contribution is 2.20. The molecule has 112 valence electrons. The Labute approximate surface area is 125 Å². The molecule has 1 amide bonds. The first-order valence-corrected chi connectivity index (χ1v) is 8.36. The lowest BCUT2D eigenvalue weighted by Gasteiger charge is -2.32. The Bertz CT molecular complexity index is 442. The lowest BCUT2D eigenvalue weighted by atomic mass is 9.98. The highest BCUT2D eigenvalue weighted by Gasteiger charge is 2.25. The van der Waals surface area contributed by atoms with E-state index in [9.17, 15) is 4.79 Å². The fourth-order valence-electron chi connectivity index (χ4n) is 2.72. The summed E-state index contributed by atoms with van der Waals surface area (Å²) < 4.78 is 0. The van der Waals surface area contributed by atoms with Crippen LogP contribution in [0.2, 0.25) is 0 Å². The van der Waals surface area contributed by atoms with E-state index in [0.717, 1.165) is 37.5 Å². The van der Waals surface area contributed by atoms with Gasteiger partial charge in [0.25, 0.3) is 5.91 Å². The van der Waals surface area contributed by atoms with Crippen LogP contribution in [-0.2, 0) is 6.42 Å². The third kappa shape index (κ3) is 4.03. The van der Waals surface area contributed by atoms with Crippen LogP contribution in [0.4, 0.5) is 0 Å². The van der Waals surface area contributed by atoms with Gasteiger partial charge >= 0.3 is 0 Å². The normalized spacial score (nSPS) is 19.6. The number of nitrogens with zero attached hydrogens (tertiary/aromatic N) is 2. The van der Waals surface area contributed by atoms with Gasteiger partial charge in [0.1, 0.15) is 5.69 Å². The molecule has 1 saturated heterocycles. The zero-order valence-corrected chi connectivity index (χ0v) is 13.5. The molecule has 1 atom stereocenters. The summed E-state index contributed by atoms with van der Waals surface area (Å²) in [5, 5.41) is 6.21. The molecule has 4 nitrogen and oxygen atoms in total. The van der Waals surface area contributed by atoms with Crippen molar-refractivity contribution in [2.75, 3.05) is 26.7 Å². The van der Waals surface area contributed by atoms with Crippen LogP contribution in [0.3, 0.4) is 0 Å². The fraction of sp³-hybridized carbons (Fsp3) is 0.733. The van der Waals surface area contributed by atoms with Crippen LogP contribution in [0.25, 0.3) is 0 Å².